The summed E-state index contributed by atoms with van der Waals surface area (Å²) in [6.07, 6.45) is 0. The lowest BCUT2D eigenvalue weighted by molar-refractivity contribution is 0.181. The summed E-state index contributed by atoms with van der Waals surface area (Å²) in [5, 5.41) is 5.57. The van der Waals surface area contributed by atoms with E-state index in [0.717, 1.165) is 0 Å². The van der Waals surface area contributed by atoms with E-state index in [1.54, 1.807) is 0 Å². The minimum Gasteiger partial charge on any atom is -0.296 e. The highest BCUT2D eigenvalue weighted by atomic mass is 35.5. The van der Waals surface area contributed by atoms with Gasteiger partial charge in [-0.05, 0) is 23.8 Å². The Morgan fingerprint density at radius 1 is 1.26 bits per heavy atom. The van der Waals surface area contributed by atoms with Crippen LogP contribution in [0.4, 0.5) is 4.39 Å². The predicted octanol–water partition coefficient (Wildman–Crippen LogP) is 0.800. The van der Waals surface area contributed by atoms with Gasteiger partial charge in [-0.25, -0.2) is 9.53 Å². The van der Waals surface area contributed by atoms with Crippen molar-refractivity contribution in [3.63, 3.8) is 0 Å². The maximum absolute atomic E-state index is 13.1. The van der Waals surface area contributed by atoms with E-state index < -0.39 is 10.2 Å². The normalized spacial score (nSPS) is 18.7. The Hall–Kier alpha value is -0.730. The molecule has 19 heavy (non-hydrogen) atoms. The molecule has 0 bridgehead atoms. The van der Waals surface area contributed by atoms with Crippen molar-refractivity contribution in [3.8, 4) is 0 Å². The summed E-state index contributed by atoms with van der Waals surface area (Å²) in [6, 6.07) is 4.23. The molecule has 106 valence electrons. The molecule has 0 spiro atoms. The molecule has 1 aromatic rings. The van der Waals surface area contributed by atoms with Gasteiger partial charge in [0.2, 0.25) is 0 Å². The molecule has 0 radical (unpaired) electrons. The first-order valence-corrected chi connectivity index (χ1v) is 7.68. The van der Waals surface area contributed by atoms with E-state index in [0.29, 0.717) is 43.3 Å². The van der Waals surface area contributed by atoms with Crippen LogP contribution in [-0.2, 0) is 16.8 Å². The monoisotopic (exact) mass is 307 g/mol. The van der Waals surface area contributed by atoms with Gasteiger partial charge in [-0.3, -0.25) is 4.90 Å². The Balaban J connectivity index is 1.98. The van der Waals surface area contributed by atoms with Crippen molar-refractivity contribution >= 4 is 21.8 Å². The van der Waals surface area contributed by atoms with Crippen LogP contribution in [0.5, 0.6) is 0 Å². The Morgan fingerprint density at radius 2 is 1.89 bits per heavy atom. The molecule has 1 aliphatic rings. The molecule has 2 N–H and O–H groups in total. The molecule has 1 fully saturated rings. The van der Waals surface area contributed by atoms with Crippen molar-refractivity contribution in [3.05, 3.63) is 34.6 Å². The molecule has 1 heterocycles. The van der Waals surface area contributed by atoms with Crippen molar-refractivity contribution in [1.29, 1.82) is 0 Å². The summed E-state index contributed by atoms with van der Waals surface area (Å²) in [5.74, 6) is -0.331. The molecular formula is C11H15ClFN3O2S. The second-order valence-corrected chi connectivity index (χ2v) is 6.41. The molecule has 0 unspecified atom stereocenters. The molecule has 1 aliphatic heterocycles. The zero-order chi connectivity index (χ0) is 14.0. The van der Waals surface area contributed by atoms with E-state index in [-0.39, 0.29) is 5.82 Å². The summed E-state index contributed by atoms with van der Waals surface area (Å²) in [4.78, 5) is 2.02. The van der Waals surface area contributed by atoms with Gasteiger partial charge in [0.15, 0.2) is 0 Å². The molecule has 5 nitrogen and oxygen atoms in total. The summed E-state index contributed by atoms with van der Waals surface area (Å²) in [6.45, 7) is 2.26. The van der Waals surface area contributed by atoms with Crippen LogP contribution in [0.3, 0.4) is 0 Å². The average molecular weight is 308 g/mol. The van der Waals surface area contributed by atoms with E-state index in [9.17, 15) is 12.8 Å². The molecule has 0 atom stereocenters. The van der Waals surface area contributed by atoms with Gasteiger partial charge in [-0.1, -0.05) is 11.6 Å². The largest absolute Gasteiger partial charge is 0.296 e. The zero-order valence-electron chi connectivity index (χ0n) is 10.2. The standard InChI is InChI=1S/C11H15ClFN3O2S/c12-11-2-1-10(13)7-9(11)8-15-3-5-16(6-4-15)19(14,17)18/h1-2,7H,3-6,8H2,(H2,14,17,18). The Bertz CT molecular complexity index is 559. The van der Waals surface area contributed by atoms with Gasteiger partial charge in [0.25, 0.3) is 10.2 Å². The fourth-order valence-corrected chi connectivity index (χ4v) is 2.90. The van der Waals surface area contributed by atoms with E-state index in [4.69, 9.17) is 16.7 Å². The molecule has 1 aromatic carbocycles. The Labute approximate surface area is 116 Å². The molecule has 8 heteroatoms. The maximum Gasteiger partial charge on any atom is 0.276 e. The van der Waals surface area contributed by atoms with E-state index >= 15 is 0 Å². The zero-order valence-corrected chi connectivity index (χ0v) is 11.8. The first-order valence-electron chi connectivity index (χ1n) is 5.80. The third-order valence-corrected chi connectivity index (χ3v) is 4.55. The minimum atomic E-state index is -3.62. The van der Waals surface area contributed by atoms with Crippen LogP contribution in [0, 0.1) is 5.82 Å². The van der Waals surface area contributed by atoms with Crippen LogP contribution >= 0.6 is 11.6 Å². The van der Waals surface area contributed by atoms with Crippen LogP contribution in [0.25, 0.3) is 0 Å². The molecule has 0 amide bonds. The van der Waals surface area contributed by atoms with Gasteiger partial charge in [0.05, 0.1) is 0 Å². The van der Waals surface area contributed by atoms with Crippen molar-refractivity contribution in [2.24, 2.45) is 5.14 Å². The lowest BCUT2D eigenvalue weighted by Gasteiger charge is -2.33. The fourth-order valence-electron chi connectivity index (χ4n) is 2.05. The topological polar surface area (TPSA) is 66.6 Å². The smallest absolute Gasteiger partial charge is 0.276 e. The molecule has 0 aliphatic carbocycles. The third-order valence-electron chi connectivity index (χ3n) is 3.09. The number of rotatable bonds is 3. The lowest BCUT2D eigenvalue weighted by Crippen LogP contribution is -2.50. The van der Waals surface area contributed by atoms with Crippen molar-refractivity contribution in [2.75, 3.05) is 26.2 Å². The maximum atomic E-state index is 13.1. The highest BCUT2D eigenvalue weighted by Crippen LogP contribution is 2.19. The number of hydrogen-bond acceptors (Lipinski definition) is 3. The van der Waals surface area contributed by atoms with Crippen LogP contribution in [0.15, 0.2) is 18.2 Å². The fraction of sp³-hybridized carbons (Fsp3) is 0.455. The number of hydrogen-bond donors (Lipinski definition) is 1. The summed E-state index contributed by atoms with van der Waals surface area (Å²) >= 11 is 6.00. The molecule has 0 aromatic heterocycles. The number of piperazine rings is 1. The summed E-state index contributed by atoms with van der Waals surface area (Å²) in [7, 11) is -3.62. The van der Waals surface area contributed by atoms with Crippen LogP contribution < -0.4 is 5.14 Å². The van der Waals surface area contributed by atoms with Crippen molar-refractivity contribution in [2.45, 2.75) is 6.54 Å². The number of benzene rings is 1. The highest BCUT2D eigenvalue weighted by molar-refractivity contribution is 7.86. The second kappa shape index (κ2) is 5.72. The Kier molecular flexibility index (Phi) is 4.42. The van der Waals surface area contributed by atoms with Crippen LogP contribution in [-0.4, -0.2) is 43.8 Å². The number of nitrogens with zero attached hydrogens (tertiary/aromatic N) is 2. The molecule has 1 saturated heterocycles. The minimum absolute atomic E-state index is 0.331. The summed E-state index contributed by atoms with van der Waals surface area (Å²) in [5.41, 5.74) is 0.700. The van der Waals surface area contributed by atoms with E-state index in [1.807, 2.05) is 4.90 Å². The third kappa shape index (κ3) is 3.87. The lowest BCUT2D eigenvalue weighted by atomic mass is 10.2. The SMILES string of the molecule is NS(=O)(=O)N1CCN(Cc2cc(F)ccc2Cl)CC1. The first kappa shape index (κ1) is 14.7. The van der Waals surface area contributed by atoms with Crippen molar-refractivity contribution < 1.29 is 12.8 Å². The molecular weight excluding hydrogens is 293 g/mol. The van der Waals surface area contributed by atoms with Gasteiger partial charge in [-0.2, -0.15) is 12.7 Å². The summed E-state index contributed by atoms with van der Waals surface area (Å²) < 4.78 is 36.7. The quantitative estimate of drug-likeness (QED) is 0.898. The predicted molar refractivity (Wildman–Crippen MR) is 71.4 cm³/mol. The number of nitrogens with two attached hydrogens (primary N) is 1. The van der Waals surface area contributed by atoms with Gasteiger partial charge >= 0.3 is 0 Å². The van der Waals surface area contributed by atoms with Gasteiger partial charge in [0.1, 0.15) is 5.82 Å². The molecule has 0 saturated carbocycles. The van der Waals surface area contributed by atoms with Gasteiger partial charge in [-0.15, -0.1) is 0 Å². The first-order chi connectivity index (χ1) is 8.86. The van der Waals surface area contributed by atoms with E-state index in [1.165, 1.54) is 22.5 Å². The van der Waals surface area contributed by atoms with E-state index in [2.05, 4.69) is 0 Å². The number of halogens is 2. The van der Waals surface area contributed by atoms with Gasteiger partial charge < -0.3 is 0 Å². The second-order valence-electron chi connectivity index (χ2n) is 4.46. The highest BCUT2D eigenvalue weighted by Gasteiger charge is 2.24. The van der Waals surface area contributed by atoms with Crippen LogP contribution in [0.1, 0.15) is 5.56 Å². The molecule has 2 rings (SSSR count). The average Bonchev–Trinajstić information content (AvgIpc) is 2.33. The van der Waals surface area contributed by atoms with Gasteiger partial charge in [0, 0.05) is 37.7 Å². The Morgan fingerprint density at radius 3 is 2.47 bits per heavy atom. The van der Waals surface area contributed by atoms with Crippen LogP contribution in [0.2, 0.25) is 5.02 Å². The van der Waals surface area contributed by atoms with Crippen molar-refractivity contribution in [1.82, 2.24) is 9.21 Å².